The van der Waals surface area contributed by atoms with Gasteiger partial charge in [-0.3, -0.25) is 13.9 Å². The van der Waals surface area contributed by atoms with Crippen molar-refractivity contribution in [1.82, 2.24) is 10.2 Å². The molecule has 0 aliphatic carbocycles. The van der Waals surface area contributed by atoms with Crippen LogP contribution < -0.4 is 14.4 Å². The van der Waals surface area contributed by atoms with Crippen LogP contribution in [0.5, 0.6) is 5.75 Å². The van der Waals surface area contributed by atoms with E-state index in [0.717, 1.165) is 22.7 Å². The summed E-state index contributed by atoms with van der Waals surface area (Å²) >= 11 is 12.3. The molecule has 1 N–H and O–H groups in total. The molecular weight excluding hydrogens is 585 g/mol. The summed E-state index contributed by atoms with van der Waals surface area (Å²) in [5.74, 6) is -0.406. The van der Waals surface area contributed by atoms with Gasteiger partial charge in [-0.25, -0.2) is 8.42 Å². The van der Waals surface area contributed by atoms with Gasteiger partial charge in [0.15, 0.2) is 0 Å². The Balaban J connectivity index is 2.01. The Morgan fingerprint density at radius 1 is 0.976 bits per heavy atom. The highest BCUT2D eigenvalue weighted by molar-refractivity contribution is 7.92. The molecule has 3 aromatic carbocycles. The number of methoxy groups -OCH3 is 1. The van der Waals surface area contributed by atoms with E-state index in [9.17, 15) is 18.0 Å². The van der Waals surface area contributed by atoms with Gasteiger partial charge in [-0.05, 0) is 74.4 Å². The van der Waals surface area contributed by atoms with Gasteiger partial charge in [0, 0.05) is 13.1 Å². The molecule has 0 heterocycles. The number of hydrogen-bond acceptors (Lipinski definition) is 5. The second kappa shape index (κ2) is 14.6. The number of aryl methyl sites for hydroxylation is 1. The predicted octanol–water partition coefficient (Wildman–Crippen LogP) is 5.84. The number of hydrogen-bond donors (Lipinski definition) is 1. The van der Waals surface area contributed by atoms with E-state index in [1.54, 1.807) is 61.5 Å². The largest absolute Gasteiger partial charge is 0.497 e. The minimum atomic E-state index is -4.18. The van der Waals surface area contributed by atoms with Crippen LogP contribution >= 0.6 is 23.2 Å². The fourth-order valence-corrected chi connectivity index (χ4v) is 5.80. The minimum absolute atomic E-state index is 0.00642. The molecule has 3 rings (SSSR count). The van der Waals surface area contributed by atoms with E-state index in [4.69, 9.17) is 27.9 Å². The lowest BCUT2D eigenvalue weighted by atomic mass is 10.1. The molecule has 8 nitrogen and oxygen atoms in total. The summed E-state index contributed by atoms with van der Waals surface area (Å²) in [6.07, 6.45) is 1.69. The highest BCUT2D eigenvalue weighted by Crippen LogP contribution is 2.27. The summed E-state index contributed by atoms with van der Waals surface area (Å²) in [4.78, 5) is 28.4. The van der Waals surface area contributed by atoms with E-state index in [2.05, 4.69) is 5.32 Å². The summed E-state index contributed by atoms with van der Waals surface area (Å²) < 4.78 is 34.0. The van der Waals surface area contributed by atoms with Gasteiger partial charge in [0.2, 0.25) is 11.8 Å². The maximum atomic E-state index is 14.0. The number of nitrogens with zero attached hydrogens (tertiary/aromatic N) is 2. The van der Waals surface area contributed by atoms with Crippen molar-refractivity contribution in [2.45, 2.75) is 51.1 Å². The van der Waals surface area contributed by atoms with Gasteiger partial charge < -0.3 is 15.0 Å². The first-order valence-corrected chi connectivity index (χ1v) is 15.4. The molecule has 0 unspecified atom stereocenters. The first-order valence-electron chi connectivity index (χ1n) is 13.2. The van der Waals surface area contributed by atoms with Crippen molar-refractivity contribution in [3.8, 4) is 5.75 Å². The molecule has 41 heavy (non-hydrogen) atoms. The number of halogens is 2. The average Bonchev–Trinajstić information content (AvgIpc) is 2.96. The molecule has 0 bridgehead atoms. The molecule has 2 amide bonds. The molecule has 1 atom stereocenters. The van der Waals surface area contributed by atoms with Crippen LogP contribution in [0.15, 0.2) is 71.6 Å². The number of nitrogens with one attached hydrogen (secondary N) is 1. The molecule has 0 saturated carbocycles. The van der Waals surface area contributed by atoms with Gasteiger partial charge >= 0.3 is 0 Å². The Kier molecular flexibility index (Phi) is 11.5. The van der Waals surface area contributed by atoms with Crippen LogP contribution in [0.4, 0.5) is 5.69 Å². The van der Waals surface area contributed by atoms with Crippen LogP contribution in [0, 0.1) is 6.92 Å². The third-order valence-corrected chi connectivity index (χ3v) is 9.11. The molecule has 0 aromatic heterocycles. The summed E-state index contributed by atoms with van der Waals surface area (Å²) in [7, 11) is -2.69. The van der Waals surface area contributed by atoms with Crippen molar-refractivity contribution in [2.24, 2.45) is 0 Å². The second-order valence-corrected chi connectivity index (χ2v) is 12.3. The van der Waals surface area contributed by atoms with E-state index in [-0.39, 0.29) is 17.3 Å². The zero-order valence-electron chi connectivity index (χ0n) is 23.6. The molecule has 11 heteroatoms. The highest BCUT2D eigenvalue weighted by atomic mass is 35.5. The third kappa shape index (κ3) is 8.38. The number of sulfonamides is 1. The molecule has 0 saturated heterocycles. The lowest BCUT2D eigenvalue weighted by molar-refractivity contribution is -0.139. The Morgan fingerprint density at radius 3 is 2.22 bits per heavy atom. The number of unbranched alkanes of at least 4 members (excludes halogenated alkanes) is 1. The van der Waals surface area contributed by atoms with Gasteiger partial charge in [-0.1, -0.05) is 60.3 Å². The lowest BCUT2D eigenvalue weighted by Gasteiger charge is -2.32. The number of benzene rings is 3. The van der Waals surface area contributed by atoms with Gasteiger partial charge in [0.05, 0.1) is 27.7 Å². The Bertz CT molecular complexity index is 1450. The molecule has 0 fully saturated rings. The average molecular weight is 621 g/mol. The van der Waals surface area contributed by atoms with Crippen molar-refractivity contribution in [2.75, 3.05) is 24.5 Å². The van der Waals surface area contributed by atoms with Gasteiger partial charge in [-0.2, -0.15) is 0 Å². The fourth-order valence-electron chi connectivity index (χ4n) is 4.07. The van der Waals surface area contributed by atoms with Crippen LogP contribution in [0.2, 0.25) is 10.0 Å². The number of amides is 2. The molecule has 3 aromatic rings. The lowest BCUT2D eigenvalue weighted by Crippen LogP contribution is -2.51. The molecule has 0 spiro atoms. The van der Waals surface area contributed by atoms with Gasteiger partial charge in [-0.15, -0.1) is 0 Å². The molecule has 0 radical (unpaired) electrons. The van der Waals surface area contributed by atoms with Crippen LogP contribution in [-0.4, -0.2) is 51.4 Å². The summed E-state index contributed by atoms with van der Waals surface area (Å²) in [5.41, 5.74) is 1.88. The maximum absolute atomic E-state index is 14.0. The topological polar surface area (TPSA) is 96.0 Å². The molecule has 220 valence electrons. The van der Waals surface area contributed by atoms with Crippen molar-refractivity contribution in [1.29, 1.82) is 0 Å². The van der Waals surface area contributed by atoms with Crippen LogP contribution in [0.1, 0.15) is 37.8 Å². The van der Waals surface area contributed by atoms with Crippen LogP contribution in [0.25, 0.3) is 0 Å². The van der Waals surface area contributed by atoms with Crippen molar-refractivity contribution in [3.63, 3.8) is 0 Å². The Morgan fingerprint density at radius 2 is 1.63 bits per heavy atom. The number of anilines is 1. The Labute approximate surface area is 252 Å². The highest BCUT2D eigenvalue weighted by Gasteiger charge is 2.32. The number of ether oxygens (including phenoxy) is 1. The number of carbonyl (C=O) groups excluding carboxylic acids is 2. The van der Waals surface area contributed by atoms with E-state index >= 15 is 0 Å². The van der Waals surface area contributed by atoms with Gasteiger partial charge in [0.1, 0.15) is 18.3 Å². The van der Waals surface area contributed by atoms with Crippen LogP contribution in [0.3, 0.4) is 0 Å². The van der Waals surface area contributed by atoms with E-state index in [1.165, 1.54) is 24.1 Å². The quantitative estimate of drug-likeness (QED) is 0.243. The monoisotopic (exact) mass is 619 g/mol. The first kappa shape index (κ1) is 32.2. The second-order valence-electron chi connectivity index (χ2n) is 9.61. The van der Waals surface area contributed by atoms with Crippen LogP contribution in [-0.2, 0) is 26.2 Å². The number of carbonyl (C=O) groups is 2. The van der Waals surface area contributed by atoms with E-state index < -0.39 is 28.5 Å². The standard InChI is InChI=1S/C30H35Cl2N3O5S/c1-5-6-17-33-30(37)22(3)34(19-23-9-16-27(31)28(32)18-23)29(36)20-35(24-10-7-21(2)8-11-24)41(38,39)26-14-12-25(40-4)13-15-26/h7-16,18,22H,5-6,17,19-20H2,1-4H3,(H,33,37)/t22-/m1/s1. The molecule has 0 aliphatic rings. The zero-order valence-corrected chi connectivity index (χ0v) is 25.9. The van der Waals surface area contributed by atoms with Crippen molar-refractivity contribution < 1.29 is 22.7 Å². The fraction of sp³-hybridized carbons (Fsp3) is 0.333. The van der Waals surface area contributed by atoms with Crippen molar-refractivity contribution in [3.05, 3.63) is 87.9 Å². The minimum Gasteiger partial charge on any atom is -0.497 e. The van der Waals surface area contributed by atoms with Gasteiger partial charge in [0.25, 0.3) is 10.0 Å². The zero-order chi connectivity index (χ0) is 30.2. The normalized spacial score (nSPS) is 12.0. The third-order valence-electron chi connectivity index (χ3n) is 6.58. The van der Waals surface area contributed by atoms with Crippen molar-refractivity contribution >= 4 is 50.7 Å². The Hall–Kier alpha value is -3.27. The number of rotatable bonds is 13. The summed E-state index contributed by atoms with van der Waals surface area (Å²) in [6, 6.07) is 16.8. The summed E-state index contributed by atoms with van der Waals surface area (Å²) in [6.45, 7) is 5.46. The van der Waals surface area contributed by atoms with E-state index in [1.807, 2.05) is 13.8 Å². The predicted molar refractivity (Wildman–Crippen MR) is 163 cm³/mol. The molecular formula is C30H35Cl2N3O5S. The SMILES string of the molecule is CCCCNC(=O)[C@@H](C)N(Cc1ccc(Cl)c(Cl)c1)C(=O)CN(c1ccc(C)cc1)S(=O)(=O)c1ccc(OC)cc1. The van der Waals surface area contributed by atoms with E-state index in [0.29, 0.717) is 33.6 Å². The summed E-state index contributed by atoms with van der Waals surface area (Å²) in [5, 5.41) is 3.52. The first-order chi connectivity index (χ1) is 19.5. The maximum Gasteiger partial charge on any atom is 0.264 e. The smallest absolute Gasteiger partial charge is 0.264 e. The molecule has 0 aliphatic heterocycles.